The van der Waals surface area contributed by atoms with E-state index in [-0.39, 0.29) is 5.60 Å². The van der Waals surface area contributed by atoms with Crippen molar-refractivity contribution in [3.63, 3.8) is 0 Å². The fraction of sp³-hybridized carbons (Fsp3) is 0.533. The Hall–Kier alpha value is -1.71. The smallest absolute Gasteiger partial charge is 0.412 e. The molecule has 1 amide bonds. The van der Waals surface area contributed by atoms with Crippen molar-refractivity contribution in [2.75, 3.05) is 6.54 Å². The summed E-state index contributed by atoms with van der Waals surface area (Å²) in [4.78, 5) is 11.6. The van der Waals surface area contributed by atoms with Gasteiger partial charge in [0.2, 0.25) is 0 Å². The first-order chi connectivity index (χ1) is 9.02. The highest BCUT2D eigenvalue weighted by Gasteiger charge is 2.29. The Morgan fingerprint density at radius 1 is 1.47 bits per heavy atom. The van der Waals surface area contributed by atoms with Crippen LogP contribution in [0, 0.1) is 0 Å². The number of hydrogen-bond donors (Lipinski definition) is 1. The Morgan fingerprint density at radius 3 is 3.00 bits per heavy atom. The van der Waals surface area contributed by atoms with Crippen LogP contribution < -0.4 is 14.8 Å². The molecule has 1 heterocycles. The summed E-state index contributed by atoms with van der Waals surface area (Å²) in [6, 6.07) is 5.68. The normalized spacial score (nSPS) is 16.2. The molecule has 1 aromatic rings. The number of benzene rings is 1. The Bertz CT molecular complexity index is 468. The highest BCUT2D eigenvalue weighted by Crippen LogP contribution is 2.39. The lowest BCUT2D eigenvalue weighted by Crippen LogP contribution is -2.33. The Labute approximate surface area is 114 Å². The van der Waals surface area contributed by atoms with E-state index >= 15 is 0 Å². The molecule has 0 bridgehead atoms. The Kier molecular flexibility index (Phi) is 3.98. The molecule has 0 spiro atoms. The van der Waals surface area contributed by atoms with E-state index in [1.54, 1.807) is 6.07 Å². The zero-order chi connectivity index (χ0) is 13.9. The molecule has 0 aliphatic carbocycles. The molecule has 0 fully saturated rings. The van der Waals surface area contributed by atoms with Crippen molar-refractivity contribution in [2.45, 2.75) is 45.6 Å². The van der Waals surface area contributed by atoms with E-state index in [0.29, 0.717) is 18.0 Å². The largest absolute Gasteiger partial charge is 0.484 e. The Morgan fingerprint density at radius 2 is 2.26 bits per heavy atom. The summed E-state index contributed by atoms with van der Waals surface area (Å²) in [5, 5.41) is 2.69. The van der Waals surface area contributed by atoms with Crippen LogP contribution in [0.5, 0.6) is 11.5 Å². The molecule has 1 aliphatic heterocycles. The second-order valence-electron chi connectivity index (χ2n) is 5.42. The second-order valence-corrected chi connectivity index (χ2v) is 5.42. The fourth-order valence-electron chi connectivity index (χ4n) is 2.08. The molecule has 1 aromatic carbocycles. The highest BCUT2D eigenvalue weighted by atomic mass is 16.6. The number of para-hydroxylation sites is 1. The van der Waals surface area contributed by atoms with Gasteiger partial charge in [-0.05, 0) is 44.7 Å². The van der Waals surface area contributed by atoms with Gasteiger partial charge in [-0.2, -0.15) is 0 Å². The lowest BCUT2D eigenvalue weighted by atomic mass is 9.94. The molecule has 0 saturated heterocycles. The predicted molar refractivity (Wildman–Crippen MR) is 73.8 cm³/mol. The van der Waals surface area contributed by atoms with Crippen LogP contribution >= 0.6 is 0 Å². The molecule has 0 unspecified atom stereocenters. The molecule has 0 saturated carbocycles. The van der Waals surface area contributed by atoms with E-state index in [9.17, 15) is 4.79 Å². The lowest BCUT2D eigenvalue weighted by molar-refractivity contribution is 0.0804. The summed E-state index contributed by atoms with van der Waals surface area (Å²) in [6.45, 7) is 6.70. The maximum absolute atomic E-state index is 11.6. The molecule has 19 heavy (non-hydrogen) atoms. The van der Waals surface area contributed by atoms with E-state index in [1.165, 1.54) is 0 Å². The van der Waals surface area contributed by atoms with E-state index in [2.05, 4.69) is 5.32 Å². The van der Waals surface area contributed by atoms with Gasteiger partial charge >= 0.3 is 6.09 Å². The molecular formula is C15H21NO3. The third-order valence-corrected chi connectivity index (χ3v) is 3.16. The molecule has 0 radical (unpaired) electrons. The van der Waals surface area contributed by atoms with Gasteiger partial charge in [-0.1, -0.05) is 19.1 Å². The molecule has 1 aliphatic rings. The number of amides is 1. The van der Waals surface area contributed by atoms with E-state index in [0.717, 1.165) is 24.8 Å². The first kappa shape index (κ1) is 13.7. The van der Waals surface area contributed by atoms with E-state index < -0.39 is 6.09 Å². The number of ether oxygens (including phenoxy) is 2. The van der Waals surface area contributed by atoms with Crippen LogP contribution in [0.3, 0.4) is 0 Å². The van der Waals surface area contributed by atoms with Crippen molar-refractivity contribution in [1.29, 1.82) is 0 Å². The average Bonchev–Trinajstić information content (AvgIpc) is 2.36. The average molecular weight is 263 g/mol. The minimum atomic E-state index is -0.428. The number of nitrogens with one attached hydrogen (secondary N) is 1. The zero-order valence-electron chi connectivity index (χ0n) is 11.8. The molecule has 0 aromatic heterocycles. The minimum absolute atomic E-state index is 0.216. The van der Waals surface area contributed by atoms with E-state index in [4.69, 9.17) is 9.47 Å². The molecule has 4 heteroatoms. The summed E-state index contributed by atoms with van der Waals surface area (Å²) in [7, 11) is 0. The van der Waals surface area contributed by atoms with Crippen molar-refractivity contribution >= 4 is 6.09 Å². The number of carbonyl (C=O) groups excluding carboxylic acids is 1. The quantitative estimate of drug-likeness (QED) is 0.910. The summed E-state index contributed by atoms with van der Waals surface area (Å²) in [5.41, 5.74) is 0.881. The summed E-state index contributed by atoms with van der Waals surface area (Å²) in [5.74, 6) is 1.20. The van der Waals surface area contributed by atoms with Crippen LogP contribution in [-0.4, -0.2) is 18.2 Å². The zero-order valence-corrected chi connectivity index (χ0v) is 11.8. The molecular weight excluding hydrogens is 242 g/mol. The van der Waals surface area contributed by atoms with Crippen LogP contribution in [0.2, 0.25) is 0 Å². The molecule has 4 nitrogen and oxygen atoms in total. The van der Waals surface area contributed by atoms with Gasteiger partial charge in [0, 0.05) is 6.54 Å². The SMILES string of the molecule is CCCNC(=O)Oc1cccc2c1OC(C)(C)CC2. The van der Waals surface area contributed by atoms with Gasteiger partial charge in [-0.25, -0.2) is 4.79 Å². The first-order valence-corrected chi connectivity index (χ1v) is 6.78. The topological polar surface area (TPSA) is 47.6 Å². The van der Waals surface area contributed by atoms with Crippen molar-refractivity contribution in [2.24, 2.45) is 0 Å². The fourth-order valence-corrected chi connectivity index (χ4v) is 2.08. The maximum atomic E-state index is 11.6. The third-order valence-electron chi connectivity index (χ3n) is 3.16. The number of fused-ring (bicyclic) bond motifs is 1. The van der Waals surface area contributed by atoms with Crippen LogP contribution in [-0.2, 0) is 6.42 Å². The van der Waals surface area contributed by atoms with Crippen LogP contribution in [0.4, 0.5) is 4.79 Å². The van der Waals surface area contributed by atoms with Gasteiger partial charge in [-0.15, -0.1) is 0 Å². The second kappa shape index (κ2) is 5.51. The summed E-state index contributed by atoms with van der Waals surface area (Å²) < 4.78 is 11.3. The van der Waals surface area contributed by atoms with Gasteiger partial charge < -0.3 is 14.8 Å². The minimum Gasteiger partial charge on any atom is -0.484 e. The van der Waals surface area contributed by atoms with Crippen molar-refractivity contribution in [3.8, 4) is 11.5 Å². The van der Waals surface area contributed by atoms with Crippen LogP contribution in [0.25, 0.3) is 0 Å². The molecule has 2 rings (SSSR count). The van der Waals surface area contributed by atoms with Gasteiger partial charge in [0.05, 0.1) is 0 Å². The van der Waals surface area contributed by atoms with Crippen molar-refractivity contribution < 1.29 is 14.3 Å². The van der Waals surface area contributed by atoms with Gasteiger partial charge in [0.15, 0.2) is 11.5 Å². The number of hydrogen-bond acceptors (Lipinski definition) is 3. The van der Waals surface area contributed by atoms with Gasteiger partial charge in [-0.3, -0.25) is 0 Å². The summed E-state index contributed by atoms with van der Waals surface area (Å²) in [6.07, 6.45) is 2.36. The lowest BCUT2D eigenvalue weighted by Gasteiger charge is -2.33. The molecule has 1 N–H and O–H groups in total. The van der Waals surface area contributed by atoms with Crippen molar-refractivity contribution in [1.82, 2.24) is 5.32 Å². The first-order valence-electron chi connectivity index (χ1n) is 6.78. The highest BCUT2D eigenvalue weighted by molar-refractivity contribution is 5.71. The van der Waals surface area contributed by atoms with E-state index in [1.807, 2.05) is 32.9 Å². The van der Waals surface area contributed by atoms with Gasteiger partial charge in [0.1, 0.15) is 5.60 Å². The van der Waals surface area contributed by atoms with Crippen LogP contribution in [0.1, 0.15) is 39.2 Å². The van der Waals surface area contributed by atoms with Crippen molar-refractivity contribution in [3.05, 3.63) is 23.8 Å². The van der Waals surface area contributed by atoms with Gasteiger partial charge in [0.25, 0.3) is 0 Å². The number of rotatable bonds is 3. The summed E-state index contributed by atoms with van der Waals surface area (Å²) >= 11 is 0. The number of aryl methyl sites for hydroxylation is 1. The third kappa shape index (κ3) is 3.40. The maximum Gasteiger partial charge on any atom is 0.412 e. The Balaban J connectivity index is 2.16. The number of carbonyl (C=O) groups is 1. The van der Waals surface area contributed by atoms with Crippen LogP contribution in [0.15, 0.2) is 18.2 Å². The molecule has 104 valence electrons. The predicted octanol–water partition coefficient (Wildman–Crippen LogP) is 3.29. The standard InChI is InChI=1S/C15H21NO3/c1-4-10-16-14(17)18-12-7-5-6-11-8-9-15(2,3)19-13(11)12/h5-7H,4,8-10H2,1-3H3,(H,16,17). The molecule has 0 atom stereocenters. The monoisotopic (exact) mass is 263 g/mol.